The number of methoxy groups -OCH3 is 2. The zero-order chi connectivity index (χ0) is 18.7. The highest BCUT2D eigenvalue weighted by Crippen LogP contribution is 2.53. The van der Waals surface area contributed by atoms with Crippen molar-refractivity contribution >= 4 is 22.4 Å². The number of carbonyl (C=O) groups is 1. The van der Waals surface area contributed by atoms with Crippen LogP contribution in [0.3, 0.4) is 0 Å². The molecule has 0 aromatic heterocycles. The smallest absolute Gasteiger partial charge is 0.262 e. The molecule has 0 unspecified atom stereocenters. The van der Waals surface area contributed by atoms with Crippen molar-refractivity contribution in [1.29, 1.82) is 0 Å². The molecule has 0 spiro atoms. The molecule has 5 rings (SSSR count). The van der Waals surface area contributed by atoms with Gasteiger partial charge in [-0.15, -0.1) is 0 Å². The van der Waals surface area contributed by atoms with E-state index in [0.717, 1.165) is 27.6 Å². The number of nitrogens with zero attached hydrogens (tertiary/aromatic N) is 1. The zero-order valence-electron chi connectivity index (χ0n) is 15.2. The average molecular weight is 363 g/mol. The summed E-state index contributed by atoms with van der Waals surface area (Å²) < 4.78 is 22.4. The van der Waals surface area contributed by atoms with Crippen molar-refractivity contribution in [2.75, 3.05) is 33.0 Å². The molecule has 0 radical (unpaired) electrons. The minimum Gasteiger partial charge on any atom is -0.493 e. The molecule has 0 saturated heterocycles. The van der Waals surface area contributed by atoms with E-state index in [-0.39, 0.29) is 12.7 Å². The van der Waals surface area contributed by atoms with E-state index in [2.05, 4.69) is 0 Å². The zero-order valence-corrected chi connectivity index (χ0v) is 15.2. The van der Waals surface area contributed by atoms with Crippen LogP contribution in [0.5, 0.6) is 23.0 Å². The number of anilines is 1. The number of ether oxygens (including phenoxy) is 4. The van der Waals surface area contributed by atoms with Crippen LogP contribution in [0.4, 0.5) is 5.69 Å². The van der Waals surface area contributed by atoms with E-state index in [4.69, 9.17) is 18.9 Å². The van der Waals surface area contributed by atoms with Gasteiger partial charge >= 0.3 is 0 Å². The summed E-state index contributed by atoms with van der Waals surface area (Å²) in [6.45, 7) is 0.153. The molecule has 6 nitrogen and oxygen atoms in total. The molecule has 136 valence electrons. The van der Waals surface area contributed by atoms with Gasteiger partial charge in [0.15, 0.2) is 23.0 Å². The topological polar surface area (TPSA) is 57.2 Å². The molecule has 2 aliphatic rings. The van der Waals surface area contributed by atoms with Crippen LogP contribution < -0.4 is 23.8 Å². The summed E-state index contributed by atoms with van der Waals surface area (Å²) >= 11 is 0. The number of hydrogen-bond donors (Lipinski definition) is 0. The van der Waals surface area contributed by atoms with Gasteiger partial charge in [0.1, 0.15) is 0 Å². The van der Waals surface area contributed by atoms with Gasteiger partial charge in [-0.05, 0) is 29.7 Å². The van der Waals surface area contributed by atoms with E-state index >= 15 is 0 Å². The van der Waals surface area contributed by atoms with Gasteiger partial charge in [0.25, 0.3) is 5.91 Å². The normalized spacial score (nSPS) is 14.2. The monoisotopic (exact) mass is 363 g/mol. The van der Waals surface area contributed by atoms with Gasteiger partial charge in [0, 0.05) is 23.6 Å². The molecule has 3 aromatic rings. The Morgan fingerprint density at radius 3 is 2.67 bits per heavy atom. The minimum atomic E-state index is -0.169. The molecule has 6 heteroatoms. The lowest BCUT2D eigenvalue weighted by molar-refractivity contribution is 0.0990. The lowest BCUT2D eigenvalue weighted by atomic mass is 9.93. The average Bonchev–Trinajstić information content (AvgIpc) is 3.14. The number of rotatable bonds is 2. The van der Waals surface area contributed by atoms with Crippen molar-refractivity contribution in [3.8, 4) is 34.1 Å². The maximum Gasteiger partial charge on any atom is 0.262 e. The van der Waals surface area contributed by atoms with Gasteiger partial charge in [-0.1, -0.05) is 12.1 Å². The molecule has 0 aliphatic carbocycles. The summed E-state index contributed by atoms with van der Waals surface area (Å²) in [6.07, 6.45) is 0. The molecule has 0 bridgehead atoms. The Bertz CT molecular complexity index is 1120. The Morgan fingerprint density at radius 2 is 1.89 bits per heavy atom. The lowest BCUT2D eigenvalue weighted by Crippen LogP contribution is -2.26. The largest absolute Gasteiger partial charge is 0.493 e. The first kappa shape index (κ1) is 15.8. The minimum absolute atomic E-state index is 0.153. The van der Waals surface area contributed by atoms with E-state index in [9.17, 15) is 4.79 Å². The molecule has 0 saturated carbocycles. The van der Waals surface area contributed by atoms with E-state index in [1.807, 2.05) is 30.3 Å². The Kier molecular flexibility index (Phi) is 3.25. The quantitative estimate of drug-likeness (QED) is 0.692. The highest BCUT2D eigenvalue weighted by molar-refractivity contribution is 6.23. The predicted molar refractivity (Wildman–Crippen MR) is 101 cm³/mol. The third-order valence-corrected chi connectivity index (χ3v) is 5.17. The Morgan fingerprint density at radius 1 is 1.04 bits per heavy atom. The van der Waals surface area contributed by atoms with Gasteiger partial charge in [-0.25, -0.2) is 0 Å². The fourth-order valence-electron chi connectivity index (χ4n) is 3.96. The van der Waals surface area contributed by atoms with Crippen molar-refractivity contribution in [1.82, 2.24) is 0 Å². The molecule has 27 heavy (non-hydrogen) atoms. The van der Waals surface area contributed by atoms with Gasteiger partial charge in [0.2, 0.25) is 6.79 Å². The summed E-state index contributed by atoms with van der Waals surface area (Å²) in [5, 5.41) is 1.93. The second-order valence-corrected chi connectivity index (χ2v) is 6.45. The molecule has 0 atom stereocenters. The Hall–Kier alpha value is -3.41. The third kappa shape index (κ3) is 1.98. The lowest BCUT2D eigenvalue weighted by Gasteiger charge is -2.19. The van der Waals surface area contributed by atoms with Crippen molar-refractivity contribution in [2.24, 2.45) is 0 Å². The number of benzene rings is 3. The van der Waals surface area contributed by atoms with E-state index in [1.165, 1.54) is 7.11 Å². The van der Waals surface area contributed by atoms with E-state index < -0.39 is 0 Å². The van der Waals surface area contributed by atoms with Gasteiger partial charge in [-0.3, -0.25) is 4.79 Å². The molecular weight excluding hydrogens is 346 g/mol. The van der Waals surface area contributed by atoms with Crippen LogP contribution in [0, 0.1) is 0 Å². The van der Waals surface area contributed by atoms with Crippen molar-refractivity contribution in [3.63, 3.8) is 0 Å². The number of hydrogen-bond acceptors (Lipinski definition) is 5. The highest BCUT2D eigenvalue weighted by Gasteiger charge is 2.34. The number of fused-ring (bicyclic) bond motifs is 4. The van der Waals surface area contributed by atoms with Crippen LogP contribution >= 0.6 is 0 Å². The van der Waals surface area contributed by atoms with Crippen LogP contribution in [-0.4, -0.2) is 34.0 Å². The second kappa shape index (κ2) is 5.54. The van der Waals surface area contributed by atoms with Gasteiger partial charge < -0.3 is 23.8 Å². The summed E-state index contributed by atoms with van der Waals surface area (Å²) in [4.78, 5) is 15.1. The Labute approximate surface area is 155 Å². The van der Waals surface area contributed by atoms with E-state index in [1.54, 1.807) is 25.1 Å². The van der Waals surface area contributed by atoms with Crippen LogP contribution in [0.25, 0.3) is 21.9 Å². The van der Waals surface area contributed by atoms with E-state index in [0.29, 0.717) is 28.6 Å². The fraction of sp³-hybridized carbons (Fsp3) is 0.190. The predicted octanol–water partition coefficient (Wildman–Crippen LogP) is 3.84. The molecule has 0 N–H and O–H groups in total. The maximum atomic E-state index is 13.4. The standard InChI is InChI=1S/C21H17NO5/c1-22-13-6-4-5-11-9-15-20(27-10-26-15)17(16(11)13)12-7-8-14(24-2)19(25-3)18(12)21(22)23/h4-9H,10H2,1-3H3. The van der Waals surface area contributed by atoms with Gasteiger partial charge in [-0.2, -0.15) is 0 Å². The molecular formula is C21H17NO5. The number of amides is 1. The first-order chi connectivity index (χ1) is 13.2. The first-order valence-electron chi connectivity index (χ1n) is 8.54. The molecule has 0 fully saturated rings. The summed E-state index contributed by atoms with van der Waals surface area (Å²) in [7, 11) is 4.85. The van der Waals surface area contributed by atoms with Crippen LogP contribution in [0.1, 0.15) is 10.4 Å². The SMILES string of the molecule is COc1ccc2c(c1OC)C(=O)N(C)c1cccc3cc4c(c-2c13)OCO4. The van der Waals surface area contributed by atoms with Crippen molar-refractivity contribution < 1.29 is 23.7 Å². The van der Waals surface area contributed by atoms with Crippen molar-refractivity contribution in [3.05, 3.63) is 42.0 Å². The summed E-state index contributed by atoms with van der Waals surface area (Å²) in [5.41, 5.74) is 2.83. The maximum absolute atomic E-state index is 13.4. The fourth-order valence-corrected chi connectivity index (χ4v) is 3.96. The third-order valence-electron chi connectivity index (χ3n) is 5.17. The molecule has 2 heterocycles. The van der Waals surface area contributed by atoms with Crippen molar-refractivity contribution in [2.45, 2.75) is 0 Å². The molecule has 2 aliphatic heterocycles. The number of carbonyl (C=O) groups excluding carboxylic acids is 1. The Balaban J connectivity index is 2.00. The van der Waals surface area contributed by atoms with Crippen LogP contribution in [0.15, 0.2) is 36.4 Å². The van der Waals surface area contributed by atoms with Crippen LogP contribution in [-0.2, 0) is 0 Å². The molecule has 3 aromatic carbocycles. The van der Waals surface area contributed by atoms with Gasteiger partial charge in [0.05, 0.1) is 25.5 Å². The first-order valence-corrected chi connectivity index (χ1v) is 8.54. The van der Waals surface area contributed by atoms with Crippen LogP contribution in [0.2, 0.25) is 0 Å². The summed E-state index contributed by atoms with van der Waals surface area (Å²) in [6, 6.07) is 11.5. The highest BCUT2D eigenvalue weighted by atomic mass is 16.7. The summed E-state index contributed by atoms with van der Waals surface area (Å²) in [5.74, 6) is 2.06. The molecule has 1 amide bonds. The second-order valence-electron chi connectivity index (χ2n) is 6.45.